The van der Waals surface area contributed by atoms with Crippen LogP contribution in [-0.2, 0) is 19.6 Å². The maximum absolute atomic E-state index is 13.9. The number of alkyl halides is 1. The number of nitrogens with zero attached hydrogens (tertiary/aromatic N) is 7. The van der Waals surface area contributed by atoms with Gasteiger partial charge in [0.25, 0.3) is 5.56 Å². The van der Waals surface area contributed by atoms with Crippen molar-refractivity contribution in [3.8, 4) is 16.9 Å². The van der Waals surface area contributed by atoms with Crippen LogP contribution < -0.4 is 33.2 Å². The van der Waals surface area contributed by atoms with Gasteiger partial charge >= 0.3 is 0 Å². The van der Waals surface area contributed by atoms with E-state index in [0.29, 0.717) is 65.5 Å². The van der Waals surface area contributed by atoms with E-state index in [1.807, 2.05) is 42.9 Å². The summed E-state index contributed by atoms with van der Waals surface area (Å²) in [6, 6.07) is 23.9. The number of fused-ring (bicyclic) bond motifs is 2. The fraction of sp³-hybridized carbons (Fsp3) is 0.408. The predicted octanol–water partition coefficient (Wildman–Crippen LogP) is 9.21. The van der Waals surface area contributed by atoms with Crippen molar-refractivity contribution < 1.29 is 13.5 Å². The Labute approximate surface area is 375 Å². The van der Waals surface area contributed by atoms with Crippen molar-refractivity contribution in [3.63, 3.8) is 0 Å². The number of nitrogens with two attached hydrogens (primary N) is 4. The first kappa shape index (κ1) is 48.7. The van der Waals surface area contributed by atoms with Crippen LogP contribution in [0.3, 0.4) is 0 Å². The van der Waals surface area contributed by atoms with Crippen molar-refractivity contribution in [2.75, 3.05) is 27.4 Å². The smallest absolute Gasteiger partial charge is 0.269 e. The van der Waals surface area contributed by atoms with E-state index < -0.39 is 6.67 Å². The molecular formula is C49H65F2N11O2. The third kappa shape index (κ3) is 14.9. The first-order valence-electron chi connectivity index (χ1n) is 22.4. The van der Waals surface area contributed by atoms with E-state index in [1.165, 1.54) is 81.7 Å². The van der Waals surface area contributed by atoms with Crippen LogP contribution in [-0.4, -0.2) is 63.3 Å². The summed E-state index contributed by atoms with van der Waals surface area (Å²) < 4.78 is 36.2. The van der Waals surface area contributed by atoms with Gasteiger partial charge in [-0.3, -0.25) is 13.8 Å². The zero-order valence-electron chi connectivity index (χ0n) is 37.6. The van der Waals surface area contributed by atoms with Gasteiger partial charge in [0.15, 0.2) is 11.9 Å². The maximum Gasteiger partial charge on any atom is 0.269 e. The highest BCUT2D eigenvalue weighted by atomic mass is 19.1. The molecule has 4 aromatic carbocycles. The molecule has 342 valence electrons. The van der Waals surface area contributed by atoms with Crippen LogP contribution in [0.4, 0.5) is 20.2 Å². The normalized spacial score (nSPS) is 11.2. The second kappa shape index (κ2) is 25.1. The molecule has 6 rings (SSSR count). The molecule has 0 bridgehead atoms. The van der Waals surface area contributed by atoms with Crippen molar-refractivity contribution in [2.24, 2.45) is 32.9 Å². The van der Waals surface area contributed by atoms with Crippen molar-refractivity contribution >= 4 is 45.4 Å². The molecule has 0 aliphatic rings. The zero-order chi connectivity index (χ0) is 45.8. The Morgan fingerprint density at radius 2 is 1.45 bits per heavy atom. The lowest BCUT2D eigenvalue weighted by atomic mass is 10.0. The van der Waals surface area contributed by atoms with Crippen LogP contribution in [0.2, 0.25) is 0 Å². The Hall–Kier alpha value is -6.35. The quantitative estimate of drug-likeness (QED) is 0.0276. The number of aryl methyl sites for hydroxylation is 1. The minimum atomic E-state index is -0.399. The number of hydrogen-bond donors (Lipinski definition) is 4. The van der Waals surface area contributed by atoms with Crippen LogP contribution >= 0.6 is 0 Å². The summed E-state index contributed by atoms with van der Waals surface area (Å²) in [5.41, 5.74) is 28.5. The summed E-state index contributed by atoms with van der Waals surface area (Å²) in [6.07, 6.45) is 15.2. The van der Waals surface area contributed by atoms with Gasteiger partial charge in [0.2, 0.25) is 0 Å². The molecule has 2 heterocycles. The standard InChI is InChI=1S/C29H29F2N5O.C20H36N6O/c1-34(2)18-20-6-5-7-21(14-20)22-8-10-24-27(15-22)36(29(37)17-32-24)19-28-33-25-16-23(31)9-11-26(25)35(28)13-4-3-12-30;1-2-3-4-5-6-7-8-9-10-11-14-27-18-13-12-16(25-19(21)22)15-17(18)26-20(23)24/h5-11,14-17H,3-4,12-13,18-19H2,1-2H3;12-13,15H,2-11,14H2,1H3,(H4,21,22,25)(H4,23,24,26). The van der Waals surface area contributed by atoms with Crippen molar-refractivity contribution in [3.05, 3.63) is 113 Å². The van der Waals surface area contributed by atoms with Gasteiger partial charge in [-0.25, -0.2) is 24.3 Å². The fourth-order valence-electron chi connectivity index (χ4n) is 7.59. The van der Waals surface area contributed by atoms with Gasteiger partial charge in [-0.2, -0.15) is 0 Å². The van der Waals surface area contributed by atoms with E-state index in [9.17, 15) is 13.6 Å². The minimum absolute atomic E-state index is 0.0234. The Bertz CT molecular complexity index is 2520. The molecule has 0 radical (unpaired) electrons. The molecular weight excluding hydrogens is 813 g/mol. The highest BCUT2D eigenvalue weighted by molar-refractivity contribution is 5.83. The highest BCUT2D eigenvalue weighted by Crippen LogP contribution is 2.32. The maximum atomic E-state index is 13.9. The van der Waals surface area contributed by atoms with Gasteiger partial charge in [0.05, 0.1) is 53.8 Å². The third-order valence-electron chi connectivity index (χ3n) is 10.7. The van der Waals surface area contributed by atoms with Crippen LogP contribution in [0.1, 0.15) is 95.4 Å². The highest BCUT2D eigenvalue weighted by Gasteiger charge is 2.15. The number of imidazole rings is 1. The molecule has 6 aromatic rings. The number of rotatable bonds is 23. The molecule has 0 unspecified atom stereocenters. The van der Waals surface area contributed by atoms with Crippen LogP contribution in [0.5, 0.6) is 5.75 Å². The van der Waals surface area contributed by atoms with Gasteiger partial charge in [0, 0.05) is 19.2 Å². The number of ether oxygens (including phenoxy) is 1. The van der Waals surface area contributed by atoms with Crippen molar-refractivity contribution in [1.29, 1.82) is 0 Å². The lowest BCUT2D eigenvalue weighted by molar-refractivity contribution is 0.305. The minimum Gasteiger partial charge on any atom is -0.491 e. The molecule has 0 aliphatic heterocycles. The van der Waals surface area contributed by atoms with Crippen LogP contribution in [0, 0.1) is 5.82 Å². The first-order chi connectivity index (χ1) is 30.9. The third-order valence-corrected chi connectivity index (χ3v) is 10.7. The van der Waals surface area contributed by atoms with Gasteiger partial charge in [-0.1, -0.05) is 89.0 Å². The number of aliphatic imine (C=N–C) groups is 2. The average molecular weight is 878 g/mol. The Kier molecular flexibility index (Phi) is 19.1. The Balaban J connectivity index is 0.000000255. The van der Waals surface area contributed by atoms with Crippen molar-refractivity contribution in [1.82, 2.24) is 24.0 Å². The van der Waals surface area contributed by atoms with Crippen LogP contribution in [0.15, 0.2) is 99.8 Å². The molecule has 0 saturated carbocycles. The molecule has 8 N–H and O–H groups in total. The van der Waals surface area contributed by atoms with Crippen molar-refractivity contribution in [2.45, 2.75) is 104 Å². The van der Waals surface area contributed by atoms with Gasteiger partial charge in [-0.15, -0.1) is 0 Å². The van der Waals surface area contributed by atoms with E-state index in [1.54, 1.807) is 28.8 Å². The molecule has 0 aliphatic carbocycles. The van der Waals surface area contributed by atoms with E-state index in [-0.39, 0.29) is 29.8 Å². The Morgan fingerprint density at radius 1 is 0.734 bits per heavy atom. The lowest BCUT2D eigenvalue weighted by Crippen LogP contribution is -2.23. The Morgan fingerprint density at radius 3 is 2.16 bits per heavy atom. The number of hydrogen-bond acceptors (Lipinski definition) is 7. The average Bonchev–Trinajstić information content (AvgIpc) is 3.59. The second-order valence-corrected chi connectivity index (χ2v) is 16.3. The van der Waals surface area contributed by atoms with Gasteiger partial charge < -0.3 is 37.1 Å². The number of benzene rings is 4. The fourth-order valence-corrected chi connectivity index (χ4v) is 7.59. The molecule has 0 amide bonds. The molecule has 64 heavy (non-hydrogen) atoms. The molecule has 15 heteroatoms. The molecule has 0 saturated heterocycles. The molecule has 0 atom stereocenters. The van der Waals surface area contributed by atoms with E-state index in [0.717, 1.165) is 29.6 Å². The zero-order valence-corrected chi connectivity index (χ0v) is 37.6. The first-order valence-corrected chi connectivity index (χ1v) is 22.4. The van der Waals surface area contributed by atoms with Crippen LogP contribution in [0.25, 0.3) is 33.2 Å². The lowest BCUT2D eigenvalue weighted by Gasteiger charge is -2.14. The summed E-state index contributed by atoms with van der Waals surface area (Å²) in [5.74, 6) is 0.798. The second-order valence-electron chi connectivity index (χ2n) is 16.3. The number of halogens is 2. The number of aromatic nitrogens is 4. The SMILES string of the molecule is CCCCCCCCCCCCOc1ccc(N=C(N)N)cc1N=C(N)N.CN(C)Cc1cccc(-c2ccc3ncc(=O)n(Cc4nc5cc(F)ccc5n4CCCCF)c3c2)c1. The molecule has 13 nitrogen and oxygen atoms in total. The summed E-state index contributed by atoms with van der Waals surface area (Å²) in [6.45, 7) is 4.03. The summed E-state index contributed by atoms with van der Waals surface area (Å²) in [7, 11) is 4.07. The number of guanidine groups is 2. The summed E-state index contributed by atoms with van der Waals surface area (Å²) in [5, 5.41) is 0. The summed E-state index contributed by atoms with van der Waals surface area (Å²) >= 11 is 0. The summed E-state index contributed by atoms with van der Waals surface area (Å²) in [4.78, 5) is 32.3. The van der Waals surface area contributed by atoms with E-state index in [2.05, 4.69) is 50.0 Å². The molecule has 0 fully saturated rings. The topological polar surface area (TPSA) is 194 Å². The molecule has 0 spiro atoms. The largest absolute Gasteiger partial charge is 0.491 e. The predicted molar refractivity (Wildman–Crippen MR) is 258 cm³/mol. The van der Waals surface area contributed by atoms with E-state index in [4.69, 9.17) is 27.7 Å². The monoisotopic (exact) mass is 878 g/mol. The van der Waals surface area contributed by atoms with E-state index >= 15 is 0 Å². The van der Waals surface area contributed by atoms with Gasteiger partial charge in [0.1, 0.15) is 23.1 Å². The number of unbranched alkanes of at least 4 members (excludes halogenated alkanes) is 10. The van der Waals surface area contributed by atoms with Gasteiger partial charge in [-0.05, 0) is 98.6 Å². The molecule has 2 aromatic heterocycles.